The van der Waals surface area contributed by atoms with Crippen molar-refractivity contribution in [1.29, 1.82) is 0 Å². The third-order valence-electron chi connectivity index (χ3n) is 4.21. The van der Waals surface area contributed by atoms with Crippen molar-refractivity contribution in [2.24, 2.45) is 5.41 Å². The quantitative estimate of drug-likeness (QED) is 0.809. The molecule has 1 fully saturated rings. The summed E-state index contributed by atoms with van der Waals surface area (Å²) >= 11 is 0. The van der Waals surface area contributed by atoms with Gasteiger partial charge in [0.1, 0.15) is 5.82 Å². The Morgan fingerprint density at radius 2 is 1.89 bits per heavy atom. The lowest BCUT2D eigenvalue weighted by Crippen LogP contribution is -2.37. The molecular formula is C15H23FN2. The van der Waals surface area contributed by atoms with Crippen LogP contribution in [-0.4, -0.2) is 13.1 Å². The first-order valence-corrected chi connectivity index (χ1v) is 6.67. The van der Waals surface area contributed by atoms with E-state index in [9.17, 15) is 4.39 Å². The minimum Gasteiger partial charge on any atom is -0.399 e. The molecule has 0 heterocycles. The zero-order valence-corrected chi connectivity index (χ0v) is 11.5. The molecule has 0 spiro atoms. The average Bonchev–Trinajstić information content (AvgIpc) is 2.28. The summed E-state index contributed by atoms with van der Waals surface area (Å²) in [5.74, 6) is -0.220. The van der Waals surface area contributed by atoms with E-state index in [1.54, 1.807) is 12.1 Å². The number of nitrogens with zero attached hydrogens (tertiary/aromatic N) is 1. The minimum absolute atomic E-state index is 0.220. The number of hydrogen-bond acceptors (Lipinski definition) is 2. The lowest BCUT2D eigenvalue weighted by atomic mass is 9.75. The van der Waals surface area contributed by atoms with Crippen LogP contribution in [0.3, 0.4) is 0 Å². The summed E-state index contributed by atoms with van der Waals surface area (Å²) in [6.45, 7) is 4.63. The van der Waals surface area contributed by atoms with Crippen molar-refractivity contribution in [3.8, 4) is 0 Å². The van der Waals surface area contributed by atoms with E-state index in [-0.39, 0.29) is 5.82 Å². The SMILES string of the molecule is CN(c1ccc(N)cc1F)C1CCC(C)(C)CC1. The zero-order valence-electron chi connectivity index (χ0n) is 11.5. The Morgan fingerprint density at radius 1 is 1.28 bits per heavy atom. The summed E-state index contributed by atoms with van der Waals surface area (Å²) in [4.78, 5) is 2.07. The monoisotopic (exact) mass is 250 g/mol. The molecule has 0 radical (unpaired) electrons. The molecule has 1 aliphatic carbocycles. The maximum absolute atomic E-state index is 13.9. The van der Waals surface area contributed by atoms with Crippen molar-refractivity contribution in [1.82, 2.24) is 0 Å². The number of hydrogen-bond donors (Lipinski definition) is 1. The summed E-state index contributed by atoms with van der Waals surface area (Å²) in [6, 6.07) is 5.39. The third-order valence-corrected chi connectivity index (χ3v) is 4.21. The third kappa shape index (κ3) is 2.77. The topological polar surface area (TPSA) is 29.3 Å². The van der Waals surface area contributed by atoms with Gasteiger partial charge in [0.25, 0.3) is 0 Å². The fraction of sp³-hybridized carbons (Fsp3) is 0.600. The first-order chi connectivity index (χ1) is 8.39. The number of rotatable bonds is 2. The van der Waals surface area contributed by atoms with Crippen molar-refractivity contribution in [3.63, 3.8) is 0 Å². The Labute approximate surface area is 109 Å². The van der Waals surface area contributed by atoms with E-state index in [0.717, 1.165) is 12.8 Å². The van der Waals surface area contributed by atoms with Crippen LogP contribution < -0.4 is 10.6 Å². The average molecular weight is 250 g/mol. The minimum atomic E-state index is -0.220. The van der Waals surface area contributed by atoms with Gasteiger partial charge in [0.05, 0.1) is 5.69 Å². The van der Waals surface area contributed by atoms with Gasteiger partial charge in [-0.3, -0.25) is 0 Å². The molecule has 2 nitrogen and oxygen atoms in total. The van der Waals surface area contributed by atoms with Gasteiger partial charge in [0.15, 0.2) is 0 Å². The first kappa shape index (κ1) is 13.2. The van der Waals surface area contributed by atoms with Crippen LogP contribution in [0.15, 0.2) is 18.2 Å². The summed E-state index contributed by atoms with van der Waals surface area (Å²) in [5.41, 5.74) is 7.17. The molecule has 2 rings (SSSR count). The van der Waals surface area contributed by atoms with E-state index in [1.807, 2.05) is 7.05 Å². The van der Waals surface area contributed by atoms with Gasteiger partial charge in [-0.15, -0.1) is 0 Å². The van der Waals surface area contributed by atoms with E-state index in [2.05, 4.69) is 18.7 Å². The Balaban J connectivity index is 2.10. The molecule has 0 amide bonds. The molecule has 0 atom stereocenters. The maximum Gasteiger partial charge on any atom is 0.148 e. The fourth-order valence-corrected chi connectivity index (χ4v) is 2.78. The highest BCUT2D eigenvalue weighted by molar-refractivity contribution is 5.54. The second-order valence-corrected chi connectivity index (χ2v) is 6.22. The lowest BCUT2D eigenvalue weighted by molar-refractivity contribution is 0.222. The van der Waals surface area contributed by atoms with Gasteiger partial charge in [-0.1, -0.05) is 13.8 Å². The number of anilines is 2. The predicted molar refractivity (Wildman–Crippen MR) is 75.3 cm³/mol. The van der Waals surface area contributed by atoms with Crippen LogP contribution in [0.5, 0.6) is 0 Å². The zero-order chi connectivity index (χ0) is 13.3. The van der Waals surface area contributed by atoms with Gasteiger partial charge in [0.2, 0.25) is 0 Å². The van der Waals surface area contributed by atoms with Gasteiger partial charge >= 0.3 is 0 Å². The van der Waals surface area contributed by atoms with Crippen molar-refractivity contribution in [2.45, 2.75) is 45.6 Å². The van der Waals surface area contributed by atoms with Gasteiger partial charge in [-0.25, -0.2) is 4.39 Å². The van der Waals surface area contributed by atoms with Crippen molar-refractivity contribution >= 4 is 11.4 Å². The van der Waals surface area contributed by atoms with Crippen LogP contribution in [-0.2, 0) is 0 Å². The summed E-state index contributed by atoms with van der Waals surface area (Å²) in [7, 11) is 1.98. The maximum atomic E-state index is 13.9. The summed E-state index contributed by atoms with van der Waals surface area (Å²) < 4.78 is 13.9. The molecule has 0 saturated heterocycles. The highest BCUT2D eigenvalue weighted by Gasteiger charge is 2.29. The van der Waals surface area contributed by atoms with Crippen LogP contribution in [0, 0.1) is 11.2 Å². The summed E-state index contributed by atoms with van der Waals surface area (Å²) in [5, 5.41) is 0. The molecule has 3 heteroatoms. The first-order valence-electron chi connectivity index (χ1n) is 6.67. The normalized spacial score (nSPS) is 19.8. The fourth-order valence-electron chi connectivity index (χ4n) is 2.78. The van der Waals surface area contributed by atoms with Crippen molar-refractivity contribution in [3.05, 3.63) is 24.0 Å². The Bertz CT molecular complexity index is 419. The number of benzene rings is 1. The Hall–Kier alpha value is -1.25. The van der Waals surface area contributed by atoms with Crippen LogP contribution in [0.25, 0.3) is 0 Å². The molecule has 1 aliphatic rings. The van der Waals surface area contributed by atoms with Crippen LogP contribution in [0.1, 0.15) is 39.5 Å². The van der Waals surface area contributed by atoms with Gasteiger partial charge in [-0.05, 0) is 49.3 Å². The van der Waals surface area contributed by atoms with Crippen LogP contribution >= 0.6 is 0 Å². The smallest absolute Gasteiger partial charge is 0.148 e. The standard InChI is InChI=1S/C15H23FN2/c1-15(2)8-6-12(7-9-15)18(3)14-5-4-11(17)10-13(14)16/h4-5,10,12H,6-9,17H2,1-3H3. The number of nitrogens with two attached hydrogens (primary N) is 1. The molecule has 0 aromatic heterocycles. The van der Waals surface area contributed by atoms with Gasteiger partial charge < -0.3 is 10.6 Å². The molecule has 1 aromatic rings. The largest absolute Gasteiger partial charge is 0.399 e. The van der Waals surface area contributed by atoms with Crippen LogP contribution in [0.2, 0.25) is 0 Å². The number of nitrogen functional groups attached to an aromatic ring is 1. The lowest BCUT2D eigenvalue weighted by Gasteiger charge is -2.39. The second-order valence-electron chi connectivity index (χ2n) is 6.22. The molecule has 0 aliphatic heterocycles. The van der Waals surface area contributed by atoms with Gasteiger partial charge in [0, 0.05) is 18.8 Å². The molecule has 2 N–H and O–H groups in total. The van der Waals surface area contributed by atoms with E-state index >= 15 is 0 Å². The van der Waals surface area contributed by atoms with Crippen molar-refractivity contribution < 1.29 is 4.39 Å². The Morgan fingerprint density at radius 3 is 2.44 bits per heavy atom. The molecule has 100 valence electrons. The molecular weight excluding hydrogens is 227 g/mol. The molecule has 1 saturated carbocycles. The van der Waals surface area contributed by atoms with Gasteiger partial charge in [-0.2, -0.15) is 0 Å². The predicted octanol–water partition coefficient (Wildman–Crippen LogP) is 3.81. The molecule has 0 bridgehead atoms. The second kappa shape index (κ2) is 4.79. The molecule has 0 unspecified atom stereocenters. The van der Waals surface area contributed by atoms with E-state index in [4.69, 9.17) is 5.73 Å². The number of halogens is 1. The molecule has 1 aromatic carbocycles. The summed E-state index contributed by atoms with van der Waals surface area (Å²) in [6.07, 6.45) is 4.68. The highest BCUT2D eigenvalue weighted by Crippen LogP contribution is 2.38. The van der Waals surface area contributed by atoms with Crippen molar-refractivity contribution in [2.75, 3.05) is 17.7 Å². The Kier molecular flexibility index (Phi) is 3.51. The van der Waals surface area contributed by atoms with E-state index in [1.165, 1.54) is 18.9 Å². The van der Waals surface area contributed by atoms with Crippen LogP contribution in [0.4, 0.5) is 15.8 Å². The molecule has 18 heavy (non-hydrogen) atoms. The van der Waals surface area contributed by atoms with E-state index in [0.29, 0.717) is 22.8 Å². The van der Waals surface area contributed by atoms with E-state index < -0.39 is 0 Å². The highest BCUT2D eigenvalue weighted by atomic mass is 19.1.